The number of fused-ring (bicyclic) bond motifs is 1. The molecule has 3 aromatic rings. The Morgan fingerprint density at radius 3 is 1.83 bits per heavy atom. The highest BCUT2D eigenvalue weighted by molar-refractivity contribution is 7.89. The average Bonchev–Trinajstić information content (AvgIpc) is 2.88. The normalized spacial score (nSPS) is 18.2. The van der Waals surface area contributed by atoms with Crippen molar-refractivity contribution in [2.24, 2.45) is 0 Å². The third-order valence-corrected chi connectivity index (χ3v) is 10.4. The van der Waals surface area contributed by atoms with Gasteiger partial charge in [-0.3, -0.25) is 0 Å². The van der Waals surface area contributed by atoms with Gasteiger partial charge in [0.25, 0.3) is 0 Å². The monoisotopic (exact) mass is 534 g/mol. The molecule has 0 aliphatic carbocycles. The number of aromatic nitrogens is 2. The fourth-order valence-electron chi connectivity index (χ4n) is 4.57. The molecular formula is C24H24F2N4O4S2. The Hall–Kier alpha value is -2.80. The van der Waals surface area contributed by atoms with Crippen LogP contribution in [0.4, 0.5) is 8.78 Å². The lowest BCUT2D eigenvalue weighted by Crippen LogP contribution is -2.38. The van der Waals surface area contributed by atoms with E-state index in [0.29, 0.717) is 43.7 Å². The van der Waals surface area contributed by atoms with E-state index in [1.54, 1.807) is 6.20 Å². The first-order valence-electron chi connectivity index (χ1n) is 11.5. The van der Waals surface area contributed by atoms with Crippen LogP contribution in [0.25, 0.3) is 0 Å². The molecule has 0 atom stereocenters. The molecule has 3 heterocycles. The second-order valence-electron chi connectivity index (χ2n) is 8.87. The number of rotatable bonds is 5. The molecule has 2 aromatic carbocycles. The minimum absolute atomic E-state index is 0.0176. The summed E-state index contributed by atoms with van der Waals surface area (Å²) in [5.74, 6) is -0.385. The number of halogens is 2. The topological polar surface area (TPSA) is 101 Å². The molecule has 2 aliphatic rings. The number of sulfonamides is 2. The molecule has 12 heteroatoms. The maximum Gasteiger partial charge on any atom is 0.243 e. The molecule has 2 aliphatic heterocycles. The summed E-state index contributed by atoms with van der Waals surface area (Å²) in [6.07, 6.45) is 3.16. The number of hydrogen-bond acceptors (Lipinski definition) is 6. The maximum absolute atomic E-state index is 13.2. The molecule has 0 spiro atoms. The van der Waals surface area contributed by atoms with Crippen molar-refractivity contribution in [3.63, 3.8) is 0 Å². The smallest absolute Gasteiger partial charge is 0.241 e. The van der Waals surface area contributed by atoms with Gasteiger partial charge in [-0.1, -0.05) is 0 Å². The third-order valence-electron chi connectivity index (χ3n) is 6.64. The van der Waals surface area contributed by atoms with Crippen molar-refractivity contribution >= 4 is 20.0 Å². The van der Waals surface area contributed by atoms with E-state index in [9.17, 15) is 25.6 Å². The van der Waals surface area contributed by atoms with Crippen LogP contribution < -0.4 is 0 Å². The first-order valence-corrected chi connectivity index (χ1v) is 14.4. The Morgan fingerprint density at radius 2 is 1.28 bits per heavy atom. The molecular weight excluding hydrogens is 510 g/mol. The van der Waals surface area contributed by atoms with E-state index in [1.165, 1.54) is 32.9 Å². The molecule has 1 saturated heterocycles. The van der Waals surface area contributed by atoms with Crippen LogP contribution in [0.1, 0.15) is 35.8 Å². The third kappa shape index (κ3) is 4.77. The fourth-order valence-corrected chi connectivity index (χ4v) is 7.46. The van der Waals surface area contributed by atoms with Crippen LogP contribution in [0, 0.1) is 11.6 Å². The van der Waals surface area contributed by atoms with E-state index in [2.05, 4.69) is 4.98 Å². The number of nitrogens with zero attached hydrogens (tertiary/aromatic N) is 4. The van der Waals surface area contributed by atoms with Gasteiger partial charge in [0.2, 0.25) is 20.0 Å². The first-order chi connectivity index (χ1) is 17.1. The Kier molecular flexibility index (Phi) is 6.62. The minimum Gasteiger partial charge on any atom is -0.241 e. The number of hydrogen-bond donors (Lipinski definition) is 0. The first kappa shape index (κ1) is 24.9. The van der Waals surface area contributed by atoms with Crippen LogP contribution in [0.3, 0.4) is 0 Å². The molecule has 1 aromatic heterocycles. The predicted octanol–water partition coefficient (Wildman–Crippen LogP) is 3.07. The van der Waals surface area contributed by atoms with Gasteiger partial charge >= 0.3 is 0 Å². The average molecular weight is 535 g/mol. The minimum atomic E-state index is -3.77. The fraction of sp³-hybridized carbons (Fsp3) is 0.333. The largest absolute Gasteiger partial charge is 0.243 e. The molecule has 190 valence electrons. The molecule has 5 rings (SSSR count). The van der Waals surface area contributed by atoms with Crippen molar-refractivity contribution in [3.8, 4) is 0 Å². The number of piperidine rings is 1. The van der Waals surface area contributed by atoms with Crippen molar-refractivity contribution in [1.29, 1.82) is 0 Å². The highest BCUT2D eigenvalue weighted by atomic mass is 32.2. The molecule has 36 heavy (non-hydrogen) atoms. The Morgan fingerprint density at radius 1 is 0.750 bits per heavy atom. The Balaban J connectivity index is 1.26. The van der Waals surface area contributed by atoms with Crippen molar-refractivity contribution < 1.29 is 25.6 Å². The standard InChI is InChI=1S/C24H24F2N4O4S2/c25-19-1-5-21(6-2-19)35(31,32)29-12-9-17(10-13-29)24-27-15-18-16-30(14-11-23(18)28-24)36(33,34)22-7-3-20(26)4-8-22/h1-8,15,17H,9-14,16H2. The zero-order valence-electron chi connectivity index (χ0n) is 19.2. The van der Waals surface area contributed by atoms with Crippen molar-refractivity contribution in [2.75, 3.05) is 19.6 Å². The summed E-state index contributed by atoms with van der Waals surface area (Å²) in [6.45, 7) is 0.976. The highest BCUT2D eigenvalue weighted by Gasteiger charge is 2.33. The van der Waals surface area contributed by atoms with Crippen LogP contribution >= 0.6 is 0 Å². The molecule has 0 saturated carbocycles. The number of benzene rings is 2. The van der Waals surface area contributed by atoms with Gasteiger partial charge in [-0.05, 0) is 61.4 Å². The van der Waals surface area contributed by atoms with Gasteiger partial charge in [0.05, 0.1) is 9.79 Å². The summed E-state index contributed by atoms with van der Waals surface area (Å²) in [5, 5.41) is 0. The lowest BCUT2D eigenvalue weighted by Gasteiger charge is -2.31. The van der Waals surface area contributed by atoms with Gasteiger partial charge in [-0.2, -0.15) is 8.61 Å². The van der Waals surface area contributed by atoms with Crippen LogP contribution in [-0.2, 0) is 33.0 Å². The van der Waals surface area contributed by atoms with Crippen LogP contribution in [-0.4, -0.2) is 55.0 Å². The summed E-state index contributed by atoms with van der Waals surface area (Å²) in [5.41, 5.74) is 1.50. The lowest BCUT2D eigenvalue weighted by atomic mass is 9.96. The zero-order valence-corrected chi connectivity index (χ0v) is 20.9. The highest BCUT2D eigenvalue weighted by Crippen LogP contribution is 2.31. The van der Waals surface area contributed by atoms with E-state index < -0.39 is 31.7 Å². The SMILES string of the molecule is O=S(=O)(c1ccc(F)cc1)N1CCC(c2ncc3c(n2)CCN(S(=O)(=O)c2ccc(F)cc2)C3)CC1. The Labute approximate surface area is 208 Å². The maximum atomic E-state index is 13.2. The second-order valence-corrected chi connectivity index (χ2v) is 12.8. The van der Waals surface area contributed by atoms with Crippen molar-refractivity contribution in [2.45, 2.75) is 41.5 Å². The Bertz CT molecular complexity index is 1470. The molecule has 8 nitrogen and oxygen atoms in total. The molecule has 0 unspecified atom stereocenters. The quantitative estimate of drug-likeness (QED) is 0.499. The van der Waals surface area contributed by atoms with E-state index in [1.807, 2.05) is 0 Å². The van der Waals surface area contributed by atoms with Gasteiger partial charge in [0.1, 0.15) is 17.5 Å². The predicted molar refractivity (Wildman–Crippen MR) is 127 cm³/mol. The van der Waals surface area contributed by atoms with Crippen LogP contribution in [0.15, 0.2) is 64.5 Å². The van der Waals surface area contributed by atoms with Gasteiger partial charge in [-0.15, -0.1) is 0 Å². The van der Waals surface area contributed by atoms with Crippen LogP contribution in [0.2, 0.25) is 0 Å². The second kappa shape index (κ2) is 9.58. The summed E-state index contributed by atoms with van der Waals surface area (Å²) in [7, 11) is -7.47. The molecule has 0 bridgehead atoms. The molecule has 1 fully saturated rings. The lowest BCUT2D eigenvalue weighted by molar-refractivity contribution is 0.312. The zero-order chi connectivity index (χ0) is 25.5. The van der Waals surface area contributed by atoms with E-state index in [0.717, 1.165) is 30.0 Å². The summed E-state index contributed by atoms with van der Waals surface area (Å²) >= 11 is 0. The van der Waals surface area contributed by atoms with Crippen molar-refractivity contribution in [1.82, 2.24) is 18.6 Å². The molecule has 0 radical (unpaired) electrons. The van der Waals surface area contributed by atoms with Gasteiger partial charge in [-0.25, -0.2) is 35.6 Å². The van der Waals surface area contributed by atoms with Gasteiger partial charge in [0, 0.05) is 56.0 Å². The summed E-state index contributed by atoms with van der Waals surface area (Å²) in [6, 6.07) is 9.54. The van der Waals surface area contributed by atoms with Crippen molar-refractivity contribution in [3.05, 3.63) is 83.4 Å². The summed E-state index contributed by atoms with van der Waals surface area (Å²) < 4.78 is 80.7. The van der Waals surface area contributed by atoms with E-state index >= 15 is 0 Å². The molecule has 0 N–H and O–H groups in total. The summed E-state index contributed by atoms with van der Waals surface area (Å²) in [4.78, 5) is 9.28. The van der Waals surface area contributed by atoms with E-state index in [4.69, 9.17) is 4.98 Å². The molecule has 0 amide bonds. The van der Waals surface area contributed by atoms with Gasteiger partial charge < -0.3 is 0 Å². The van der Waals surface area contributed by atoms with E-state index in [-0.39, 0.29) is 28.8 Å². The van der Waals surface area contributed by atoms with Crippen LogP contribution in [0.5, 0.6) is 0 Å². The van der Waals surface area contributed by atoms with Gasteiger partial charge in [0.15, 0.2) is 0 Å².